The molecule has 0 bridgehead atoms. The number of nitrogens with zero attached hydrogens (tertiary/aromatic N) is 3. The normalized spacial score (nSPS) is 37.5. The van der Waals surface area contributed by atoms with Gasteiger partial charge in [-0.05, 0) is 114 Å². The van der Waals surface area contributed by atoms with Gasteiger partial charge in [-0.1, -0.05) is 46.8 Å². The van der Waals surface area contributed by atoms with Gasteiger partial charge in [0.1, 0.15) is 29.4 Å². The number of aliphatic hydroxyl groups excluding tert-OH is 3. The van der Waals surface area contributed by atoms with Gasteiger partial charge in [-0.2, -0.15) is 10.2 Å². The molecule has 4 rings (SSSR count). The smallest absolute Gasteiger partial charge is 0.310 e. The minimum absolute atomic E-state index is 0.192. The average molecular weight is 874 g/mol. The van der Waals surface area contributed by atoms with E-state index in [9.17, 15) is 29.6 Å². The number of hydrogen-bond acceptors (Lipinski definition) is 14. The Hall–Kier alpha value is -3.38. The van der Waals surface area contributed by atoms with E-state index in [4.69, 9.17) is 33.5 Å². The predicted octanol–water partition coefficient (Wildman–Crippen LogP) is 5.54. The summed E-state index contributed by atoms with van der Waals surface area (Å²) in [6.07, 6.45) is -8.09. The van der Waals surface area contributed by atoms with Gasteiger partial charge in [-0.25, -0.2) is 4.39 Å². The molecule has 14 nitrogen and oxygen atoms in total. The second-order valence-corrected chi connectivity index (χ2v) is 18.0. The molecule has 2 aliphatic heterocycles. The molecule has 2 heterocycles. The van der Waals surface area contributed by atoms with E-state index in [0.717, 1.165) is 5.56 Å². The fourth-order valence-electron chi connectivity index (χ4n) is 9.10. The zero-order valence-electron chi connectivity index (χ0n) is 38.8. The topological polar surface area (TPSA) is 181 Å². The molecule has 2 aromatic rings. The number of esters is 1. The summed E-state index contributed by atoms with van der Waals surface area (Å²) >= 11 is 0. The first-order valence-electron chi connectivity index (χ1n) is 21.7. The number of benzene rings is 2. The van der Waals surface area contributed by atoms with Crippen LogP contribution in [0.15, 0.2) is 58.7 Å². The van der Waals surface area contributed by atoms with Crippen LogP contribution in [-0.2, 0) is 34.9 Å². The molecule has 4 N–H and O–H groups in total. The largest absolute Gasteiger partial charge is 0.497 e. The lowest BCUT2D eigenvalue weighted by molar-refractivity contribution is -0.304. The van der Waals surface area contributed by atoms with Crippen molar-refractivity contribution in [2.75, 3.05) is 28.3 Å². The molecule has 2 fully saturated rings. The summed E-state index contributed by atoms with van der Waals surface area (Å²) in [5.41, 5.74) is -0.830. The van der Waals surface area contributed by atoms with Gasteiger partial charge in [0.15, 0.2) is 12.6 Å². The molecular formula is C47H72FN3O11. The quantitative estimate of drug-likeness (QED) is 0.126. The maximum absolute atomic E-state index is 13.9. The number of aliphatic hydroxyl groups is 4. The number of carbonyl (C=O) groups is 1. The minimum Gasteiger partial charge on any atom is -0.497 e. The molecule has 2 saturated heterocycles. The van der Waals surface area contributed by atoms with Gasteiger partial charge in [0.05, 0.1) is 49.3 Å². The maximum atomic E-state index is 13.9. The summed E-state index contributed by atoms with van der Waals surface area (Å²) in [4.78, 5) is 15.8. The number of rotatable bonds is 11. The molecule has 0 spiro atoms. The number of carbonyl (C=O) groups excluding carboxylic acids is 1. The average Bonchev–Trinajstić information content (AvgIpc) is 3.23. The summed E-state index contributed by atoms with van der Waals surface area (Å²) < 4.78 is 51.3. The molecule has 348 valence electrons. The summed E-state index contributed by atoms with van der Waals surface area (Å²) in [5, 5.41) is 57.3. The molecule has 15 heteroatoms. The van der Waals surface area contributed by atoms with Crippen LogP contribution in [0.1, 0.15) is 92.7 Å². The Morgan fingerprint density at radius 1 is 0.952 bits per heavy atom. The highest BCUT2D eigenvalue weighted by atomic mass is 19.1. The molecular weight excluding hydrogens is 802 g/mol. The predicted molar refractivity (Wildman–Crippen MR) is 234 cm³/mol. The Morgan fingerprint density at radius 2 is 1.58 bits per heavy atom. The fraction of sp³-hybridized carbons (Fsp3) is 0.681. The Bertz CT molecular complexity index is 1790. The second-order valence-electron chi connectivity index (χ2n) is 18.0. The zero-order valence-corrected chi connectivity index (χ0v) is 38.8. The van der Waals surface area contributed by atoms with E-state index in [1.807, 2.05) is 77.9 Å². The number of likely N-dealkylation sites (N-methyl/N-ethyl adjacent to an activating group) is 1. The molecule has 62 heavy (non-hydrogen) atoms. The van der Waals surface area contributed by atoms with Crippen molar-refractivity contribution in [2.24, 2.45) is 33.9 Å². The van der Waals surface area contributed by atoms with Gasteiger partial charge in [0, 0.05) is 36.6 Å². The second kappa shape index (κ2) is 22.0. The first-order valence-corrected chi connectivity index (χ1v) is 21.7. The molecule has 15 atom stereocenters. The molecule has 2 aliphatic rings. The van der Waals surface area contributed by atoms with Crippen LogP contribution >= 0.6 is 0 Å². The van der Waals surface area contributed by atoms with Gasteiger partial charge < -0.3 is 53.7 Å². The third-order valence-corrected chi connectivity index (χ3v) is 13.0. The molecule has 0 aliphatic carbocycles. The molecule has 0 amide bonds. The Labute approximate surface area is 367 Å². The van der Waals surface area contributed by atoms with Gasteiger partial charge in [0.25, 0.3) is 0 Å². The van der Waals surface area contributed by atoms with Crippen LogP contribution in [0.25, 0.3) is 0 Å². The number of ether oxygens (including phenoxy) is 6. The summed E-state index contributed by atoms with van der Waals surface area (Å²) in [7, 11) is 6.89. The summed E-state index contributed by atoms with van der Waals surface area (Å²) in [5.74, 6) is -3.45. The third kappa shape index (κ3) is 12.2. The van der Waals surface area contributed by atoms with Crippen molar-refractivity contribution in [1.29, 1.82) is 0 Å². The Morgan fingerprint density at radius 3 is 2.15 bits per heavy atom. The van der Waals surface area contributed by atoms with E-state index in [1.54, 1.807) is 27.9 Å². The van der Waals surface area contributed by atoms with Crippen LogP contribution in [0.2, 0.25) is 0 Å². The summed E-state index contributed by atoms with van der Waals surface area (Å²) in [6.45, 7) is 16.0. The first kappa shape index (κ1) is 51.3. The van der Waals surface area contributed by atoms with Crippen molar-refractivity contribution >= 4 is 17.4 Å². The van der Waals surface area contributed by atoms with E-state index >= 15 is 0 Å². The molecule has 15 unspecified atom stereocenters. The van der Waals surface area contributed by atoms with Crippen LogP contribution in [-0.4, -0.2) is 137 Å². The van der Waals surface area contributed by atoms with Gasteiger partial charge in [-0.3, -0.25) is 4.79 Å². The summed E-state index contributed by atoms with van der Waals surface area (Å²) in [6, 6.07) is 12.6. The molecule has 0 saturated carbocycles. The van der Waals surface area contributed by atoms with Crippen molar-refractivity contribution in [2.45, 2.75) is 154 Å². The monoisotopic (exact) mass is 874 g/mol. The van der Waals surface area contributed by atoms with E-state index in [1.165, 1.54) is 38.3 Å². The first-order chi connectivity index (χ1) is 29.1. The highest BCUT2D eigenvalue weighted by Crippen LogP contribution is 2.41. The van der Waals surface area contributed by atoms with Crippen molar-refractivity contribution in [3.63, 3.8) is 0 Å². The molecule has 2 aromatic carbocycles. The number of halogens is 1. The standard InChI is InChI=1S/C47H72FN3O11/c1-14-37-47(9,56)42(54)28(4)39(50-49-31(7)33-17-21-35(57-12)22-18-33)26(2)25-46(8,58-13)43(62-45-40(53)36(51(10)11)23-27(3)59-45)29(5)41(30(6)44(55)60-37)61-38(52)24-32-15-19-34(48)20-16-32/h15-22,26-30,36-37,40-45,53-56H,14,23-25H2,1-13H3. The van der Waals surface area contributed by atoms with Crippen LogP contribution in [0.4, 0.5) is 4.39 Å². The van der Waals surface area contributed by atoms with Crippen molar-refractivity contribution in [3.05, 3.63) is 65.5 Å². The van der Waals surface area contributed by atoms with E-state index in [0.29, 0.717) is 29.2 Å². The lowest BCUT2D eigenvalue weighted by atomic mass is 9.73. The SMILES string of the molecule is CCC1OC(O)C(C)C(OC(=O)Cc2ccc(F)cc2)C(C)C(OC2OC(C)CC(N(C)C)C2O)C(C)(OC)CC(C)C(=NN=C(C)c2ccc(OC)cc2)C(C)C(O)C1(C)O. The van der Waals surface area contributed by atoms with Crippen molar-refractivity contribution in [1.82, 2.24) is 4.90 Å². The van der Waals surface area contributed by atoms with Gasteiger partial charge in [-0.15, -0.1) is 0 Å². The van der Waals surface area contributed by atoms with Crippen LogP contribution < -0.4 is 4.74 Å². The Kier molecular flexibility index (Phi) is 18.2. The lowest BCUT2D eigenvalue weighted by Crippen LogP contribution is -2.61. The zero-order chi connectivity index (χ0) is 46.3. The van der Waals surface area contributed by atoms with Crippen LogP contribution in [0.5, 0.6) is 5.75 Å². The van der Waals surface area contributed by atoms with E-state index in [2.05, 4.69) is 5.10 Å². The maximum Gasteiger partial charge on any atom is 0.310 e. The van der Waals surface area contributed by atoms with Crippen LogP contribution in [0.3, 0.4) is 0 Å². The van der Waals surface area contributed by atoms with Gasteiger partial charge in [0.2, 0.25) is 0 Å². The van der Waals surface area contributed by atoms with Crippen LogP contribution in [0, 0.1) is 29.5 Å². The van der Waals surface area contributed by atoms with Crippen molar-refractivity contribution < 1.29 is 58.0 Å². The van der Waals surface area contributed by atoms with E-state index in [-0.39, 0.29) is 31.4 Å². The lowest BCUT2D eigenvalue weighted by Gasteiger charge is -2.49. The third-order valence-electron chi connectivity index (χ3n) is 13.0. The fourth-order valence-corrected chi connectivity index (χ4v) is 9.10. The number of methoxy groups -OCH3 is 2. The van der Waals surface area contributed by atoms with Crippen molar-refractivity contribution in [3.8, 4) is 5.75 Å². The van der Waals surface area contributed by atoms with E-state index < -0.39 is 89.8 Å². The minimum atomic E-state index is -1.92. The molecule has 0 radical (unpaired) electrons. The van der Waals surface area contributed by atoms with Gasteiger partial charge >= 0.3 is 5.97 Å². The number of hydrogen-bond donors (Lipinski definition) is 4. The molecule has 0 aromatic heterocycles. The highest BCUT2D eigenvalue weighted by Gasteiger charge is 2.52. The Balaban J connectivity index is 1.91. The highest BCUT2D eigenvalue weighted by molar-refractivity contribution is 5.99.